The topological polar surface area (TPSA) is 52.8 Å². The van der Waals surface area contributed by atoms with Gasteiger partial charge in [-0.2, -0.15) is 5.26 Å². The third-order valence-corrected chi connectivity index (χ3v) is 4.00. The number of hydrogen-bond acceptors (Lipinski definition) is 4. The first kappa shape index (κ1) is 13.6. The fourth-order valence-electron chi connectivity index (χ4n) is 2.81. The monoisotopic (exact) mass is 278 g/mol. The van der Waals surface area contributed by atoms with Crippen molar-refractivity contribution in [2.45, 2.75) is 32.2 Å². The van der Waals surface area contributed by atoms with Gasteiger partial charge in [-0.25, -0.2) is 9.97 Å². The van der Waals surface area contributed by atoms with E-state index in [-0.39, 0.29) is 0 Å². The van der Waals surface area contributed by atoms with Gasteiger partial charge in [0.25, 0.3) is 0 Å². The van der Waals surface area contributed by atoms with E-state index in [1.165, 1.54) is 6.42 Å². The largest absolute Gasteiger partial charge is 0.353 e. The summed E-state index contributed by atoms with van der Waals surface area (Å²) >= 11 is 0. The lowest BCUT2D eigenvalue weighted by molar-refractivity contribution is 0.481. The normalized spacial score (nSPS) is 18.3. The van der Waals surface area contributed by atoms with E-state index in [2.05, 4.69) is 27.9 Å². The predicted molar refractivity (Wildman–Crippen MR) is 82.8 cm³/mol. The molecule has 21 heavy (non-hydrogen) atoms. The maximum Gasteiger partial charge on any atom is 0.161 e. The number of anilines is 1. The molecule has 1 aromatic heterocycles. The predicted octanol–water partition coefficient (Wildman–Crippen LogP) is 3.39. The van der Waals surface area contributed by atoms with Crippen molar-refractivity contribution in [3.05, 3.63) is 42.1 Å². The average Bonchev–Trinajstić information content (AvgIpc) is 2.55. The fraction of sp³-hybridized carbons (Fsp3) is 0.353. The highest BCUT2D eigenvalue weighted by Crippen LogP contribution is 2.27. The molecule has 0 spiro atoms. The summed E-state index contributed by atoms with van der Waals surface area (Å²) in [4.78, 5) is 11.3. The van der Waals surface area contributed by atoms with E-state index in [1.54, 1.807) is 6.20 Å². The Morgan fingerprint density at radius 1 is 1.24 bits per heavy atom. The number of rotatable bonds is 2. The molecule has 106 valence electrons. The van der Waals surface area contributed by atoms with Gasteiger partial charge in [-0.15, -0.1) is 0 Å². The zero-order valence-corrected chi connectivity index (χ0v) is 12.2. The van der Waals surface area contributed by atoms with E-state index in [4.69, 9.17) is 0 Å². The Balaban J connectivity index is 2.04. The molecule has 0 aliphatic carbocycles. The number of piperidine rings is 1. The highest BCUT2D eigenvalue weighted by Gasteiger charge is 2.23. The molecule has 1 saturated heterocycles. The summed E-state index contributed by atoms with van der Waals surface area (Å²) < 4.78 is 0. The van der Waals surface area contributed by atoms with E-state index in [0.717, 1.165) is 30.8 Å². The summed E-state index contributed by atoms with van der Waals surface area (Å²) in [6.07, 6.45) is 5.19. The van der Waals surface area contributed by atoms with E-state index in [0.29, 0.717) is 17.4 Å². The first-order valence-corrected chi connectivity index (χ1v) is 7.39. The highest BCUT2D eigenvalue weighted by molar-refractivity contribution is 5.61. The summed E-state index contributed by atoms with van der Waals surface area (Å²) in [7, 11) is 0. The smallest absolute Gasteiger partial charge is 0.161 e. The van der Waals surface area contributed by atoms with Crippen LogP contribution in [0.5, 0.6) is 0 Å². The number of aromatic nitrogens is 2. The fourth-order valence-corrected chi connectivity index (χ4v) is 2.81. The molecule has 1 atom stereocenters. The summed E-state index contributed by atoms with van der Waals surface area (Å²) in [5, 5.41) is 9.34. The van der Waals surface area contributed by atoms with Crippen LogP contribution in [0.2, 0.25) is 0 Å². The van der Waals surface area contributed by atoms with Crippen LogP contribution in [0.4, 0.5) is 5.82 Å². The Labute approximate surface area is 125 Å². The number of benzene rings is 1. The van der Waals surface area contributed by atoms with Crippen molar-refractivity contribution in [3.8, 4) is 17.5 Å². The maximum absolute atomic E-state index is 9.34. The quantitative estimate of drug-likeness (QED) is 0.845. The minimum absolute atomic E-state index is 0.421. The van der Waals surface area contributed by atoms with Crippen LogP contribution < -0.4 is 4.90 Å². The van der Waals surface area contributed by atoms with Gasteiger partial charge < -0.3 is 4.90 Å². The minimum Gasteiger partial charge on any atom is -0.353 e. The Kier molecular flexibility index (Phi) is 3.83. The van der Waals surface area contributed by atoms with E-state index in [9.17, 15) is 5.26 Å². The van der Waals surface area contributed by atoms with E-state index < -0.39 is 0 Å². The van der Waals surface area contributed by atoms with Gasteiger partial charge in [0, 0.05) is 18.2 Å². The molecule has 3 rings (SSSR count). The van der Waals surface area contributed by atoms with Crippen molar-refractivity contribution in [1.82, 2.24) is 9.97 Å². The van der Waals surface area contributed by atoms with Gasteiger partial charge in [0.05, 0.1) is 6.20 Å². The Morgan fingerprint density at radius 3 is 2.76 bits per heavy atom. The molecule has 0 radical (unpaired) electrons. The molecule has 0 amide bonds. The molecule has 1 aromatic carbocycles. The lowest BCUT2D eigenvalue weighted by Crippen LogP contribution is -2.38. The molecule has 2 heterocycles. The molecular formula is C17H18N4. The standard InChI is InChI=1S/C17H18N4/c1-13-7-5-6-10-21(13)17-15(11-18)12-19-16(20-17)14-8-3-2-4-9-14/h2-4,8-9,12-13H,5-7,10H2,1H3. The molecule has 4 heteroatoms. The SMILES string of the molecule is CC1CCCCN1c1nc(-c2ccccc2)ncc1C#N. The molecular weight excluding hydrogens is 260 g/mol. The van der Waals surface area contributed by atoms with Gasteiger partial charge in [0.1, 0.15) is 11.6 Å². The minimum atomic E-state index is 0.421. The Hall–Kier alpha value is -2.41. The van der Waals surface area contributed by atoms with Gasteiger partial charge in [-0.3, -0.25) is 0 Å². The van der Waals surface area contributed by atoms with Gasteiger partial charge in [-0.05, 0) is 26.2 Å². The lowest BCUT2D eigenvalue weighted by atomic mass is 10.0. The highest BCUT2D eigenvalue weighted by atomic mass is 15.2. The van der Waals surface area contributed by atoms with Crippen LogP contribution in [0, 0.1) is 11.3 Å². The summed E-state index contributed by atoms with van der Waals surface area (Å²) in [5.41, 5.74) is 1.54. The second-order valence-electron chi connectivity index (χ2n) is 5.45. The van der Waals surface area contributed by atoms with Gasteiger partial charge >= 0.3 is 0 Å². The van der Waals surface area contributed by atoms with Gasteiger partial charge in [0.2, 0.25) is 0 Å². The summed E-state index contributed by atoms with van der Waals surface area (Å²) in [6, 6.07) is 12.5. The number of nitrogens with zero attached hydrogens (tertiary/aromatic N) is 4. The second-order valence-corrected chi connectivity index (χ2v) is 5.45. The maximum atomic E-state index is 9.34. The van der Waals surface area contributed by atoms with Crippen LogP contribution in [-0.4, -0.2) is 22.6 Å². The van der Waals surface area contributed by atoms with Crippen LogP contribution in [0.15, 0.2) is 36.5 Å². The zero-order valence-electron chi connectivity index (χ0n) is 12.2. The first-order valence-electron chi connectivity index (χ1n) is 7.39. The molecule has 1 unspecified atom stereocenters. The van der Waals surface area contributed by atoms with Gasteiger partial charge in [0.15, 0.2) is 11.6 Å². The molecule has 0 saturated carbocycles. The van der Waals surface area contributed by atoms with E-state index >= 15 is 0 Å². The van der Waals surface area contributed by atoms with Crippen molar-refractivity contribution in [2.24, 2.45) is 0 Å². The Morgan fingerprint density at radius 2 is 2.05 bits per heavy atom. The molecule has 1 aliphatic heterocycles. The molecule has 1 fully saturated rings. The first-order chi connectivity index (χ1) is 10.3. The lowest BCUT2D eigenvalue weighted by Gasteiger charge is -2.34. The number of hydrogen-bond donors (Lipinski definition) is 0. The molecule has 0 N–H and O–H groups in total. The molecule has 4 nitrogen and oxygen atoms in total. The van der Waals surface area contributed by atoms with Crippen molar-refractivity contribution in [1.29, 1.82) is 5.26 Å². The van der Waals surface area contributed by atoms with E-state index in [1.807, 2.05) is 30.3 Å². The molecule has 0 bridgehead atoms. The number of nitriles is 1. The summed E-state index contributed by atoms with van der Waals surface area (Å²) in [5.74, 6) is 1.46. The van der Waals surface area contributed by atoms with Crippen molar-refractivity contribution >= 4 is 5.82 Å². The van der Waals surface area contributed by atoms with Crippen molar-refractivity contribution in [3.63, 3.8) is 0 Å². The van der Waals surface area contributed by atoms with Crippen LogP contribution in [0.3, 0.4) is 0 Å². The molecule has 2 aromatic rings. The zero-order chi connectivity index (χ0) is 14.7. The van der Waals surface area contributed by atoms with Crippen LogP contribution in [0.1, 0.15) is 31.7 Å². The summed E-state index contributed by atoms with van der Waals surface area (Å²) in [6.45, 7) is 3.16. The van der Waals surface area contributed by atoms with Crippen LogP contribution in [0.25, 0.3) is 11.4 Å². The third kappa shape index (κ3) is 2.73. The average molecular weight is 278 g/mol. The van der Waals surface area contributed by atoms with Gasteiger partial charge in [-0.1, -0.05) is 30.3 Å². The van der Waals surface area contributed by atoms with Crippen molar-refractivity contribution in [2.75, 3.05) is 11.4 Å². The van der Waals surface area contributed by atoms with Crippen molar-refractivity contribution < 1.29 is 0 Å². The Bertz CT molecular complexity index is 660. The van der Waals surface area contributed by atoms with Crippen LogP contribution >= 0.6 is 0 Å². The third-order valence-electron chi connectivity index (χ3n) is 4.00. The second kappa shape index (κ2) is 5.92. The molecule has 1 aliphatic rings. The van der Waals surface area contributed by atoms with Crippen LogP contribution in [-0.2, 0) is 0 Å².